The molecule has 0 aromatic heterocycles. The van der Waals surface area contributed by atoms with E-state index in [-0.39, 0.29) is 0 Å². The lowest BCUT2D eigenvalue weighted by molar-refractivity contribution is 0.414. The third kappa shape index (κ3) is 5.78. The molecule has 0 radical (unpaired) electrons. The third-order valence-corrected chi connectivity index (χ3v) is 2.98. The van der Waals surface area contributed by atoms with E-state index < -0.39 is 0 Å². The second-order valence-electron chi connectivity index (χ2n) is 3.94. The zero-order valence-electron chi connectivity index (χ0n) is 10.3. The fourth-order valence-electron chi connectivity index (χ4n) is 1.61. The van der Waals surface area contributed by atoms with Crippen LogP contribution in [0.5, 0.6) is 5.75 Å². The predicted molar refractivity (Wildman–Crippen MR) is 77.8 cm³/mol. The molecule has 0 bridgehead atoms. The van der Waals surface area contributed by atoms with Crippen molar-refractivity contribution in [2.24, 2.45) is 0 Å². The van der Waals surface area contributed by atoms with Crippen LogP contribution < -0.4 is 10.1 Å². The van der Waals surface area contributed by atoms with E-state index >= 15 is 0 Å². The molecule has 3 heteroatoms. The van der Waals surface area contributed by atoms with Gasteiger partial charge in [0.25, 0.3) is 0 Å². The number of nitrogens with one attached hydrogen (secondary N) is 1. The smallest absolute Gasteiger partial charge is 0.122 e. The van der Waals surface area contributed by atoms with E-state index in [1.54, 1.807) is 7.11 Å². The highest BCUT2D eigenvalue weighted by Gasteiger charge is 1.98. The van der Waals surface area contributed by atoms with Gasteiger partial charge in [0.05, 0.1) is 7.11 Å². The Hall–Kier alpha value is -0.960. The van der Waals surface area contributed by atoms with Gasteiger partial charge in [0.2, 0.25) is 0 Å². The van der Waals surface area contributed by atoms with Gasteiger partial charge >= 0.3 is 0 Å². The maximum Gasteiger partial charge on any atom is 0.122 e. The fourth-order valence-corrected chi connectivity index (χ4v) is 2.08. The quantitative estimate of drug-likeness (QED) is 0.558. The summed E-state index contributed by atoms with van der Waals surface area (Å²) in [6.07, 6.45) is 6.75. The maximum atomic E-state index is 5.21. The van der Waals surface area contributed by atoms with E-state index in [0.717, 1.165) is 28.9 Å². The van der Waals surface area contributed by atoms with Crippen LogP contribution in [-0.2, 0) is 0 Å². The Morgan fingerprint density at radius 3 is 2.82 bits per heavy atom. The number of unbranched alkanes of at least 4 members (excludes halogenated alkanes) is 3. The maximum absolute atomic E-state index is 5.21. The highest BCUT2D eigenvalue weighted by molar-refractivity contribution is 9.10. The molecular formula is C14H20BrNO. The fraction of sp³-hybridized carbons (Fsp3) is 0.429. The van der Waals surface area contributed by atoms with Crippen molar-refractivity contribution in [3.63, 3.8) is 0 Å². The highest BCUT2D eigenvalue weighted by Crippen LogP contribution is 2.24. The molecule has 17 heavy (non-hydrogen) atoms. The van der Waals surface area contributed by atoms with E-state index in [9.17, 15) is 0 Å². The van der Waals surface area contributed by atoms with Gasteiger partial charge in [0.1, 0.15) is 5.75 Å². The Bertz CT molecular complexity index is 352. The van der Waals surface area contributed by atoms with E-state index in [1.165, 1.54) is 19.3 Å². The molecule has 0 fully saturated rings. The van der Waals surface area contributed by atoms with E-state index in [0.29, 0.717) is 0 Å². The summed E-state index contributed by atoms with van der Waals surface area (Å²) < 4.78 is 6.25. The summed E-state index contributed by atoms with van der Waals surface area (Å²) in [4.78, 5) is 0. The van der Waals surface area contributed by atoms with Crippen LogP contribution in [0.25, 0.3) is 0 Å². The van der Waals surface area contributed by atoms with Gasteiger partial charge in [-0.15, -0.1) is 6.58 Å². The monoisotopic (exact) mass is 297 g/mol. The van der Waals surface area contributed by atoms with Crippen molar-refractivity contribution in [1.82, 2.24) is 0 Å². The summed E-state index contributed by atoms with van der Waals surface area (Å²) in [6.45, 7) is 4.72. The van der Waals surface area contributed by atoms with Gasteiger partial charge in [0, 0.05) is 22.8 Å². The van der Waals surface area contributed by atoms with Gasteiger partial charge in [-0.05, 0) is 31.4 Å². The van der Waals surface area contributed by atoms with Crippen LogP contribution in [0, 0.1) is 0 Å². The first-order valence-corrected chi connectivity index (χ1v) is 6.75. The van der Waals surface area contributed by atoms with Crippen LogP contribution >= 0.6 is 15.9 Å². The Balaban J connectivity index is 2.31. The number of rotatable bonds is 8. The normalized spacial score (nSPS) is 10.0. The molecular weight excluding hydrogens is 278 g/mol. The van der Waals surface area contributed by atoms with Crippen molar-refractivity contribution < 1.29 is 4.74 Å². The van der Waals surface area contributed by atoms with Crippen molar-refractivity contribution in [1.29, 1.82) is 0 Å². The summed E-state index contributed by atoms with van der Waals surface area (Å²) in [5.74, 6) is 0.869. The Morgan fingerprint density at radius 2 is 2.12 bits per heavy atom. The molecule has 0 saturated heterocycles. The van der Waals surface area contributed by atoms with Crippen LogP contribution in [0.15, 0.2) is 35.3 Å². The van der Waals surface area contributed by atoms with Crippen molar-refractivity contribution in [2.45, 2.75) is 25.7 Å². The van der Waals surface area contributed by atoms with Crippen molar-refractivity contribution >= 4 is 21.6 Å². The first kappa shape index (κ1) is 14.1. The molecule has 0 spiro atoms. The molecule has 1 rings (SSSR count). The minimum atomic E-state index is 0.869. The van der Waals surface area contributed by atoms with Crippen LogP contribution in [-0.4, -0.2) is 13.7 Å². The molecule has 0 amide bonds. The molecule has 0 aliphatic heterocycles. The molecule has 1 N–H and O–H groups in total. The predicted octanol–water partition coefficient (Wildman–Crippen LogP) is 4.62. The molecule has 0 heterocycles. The molecule has 0 saturated carbocycles. The second kappa shape index (κ2) is 8.18. The van der Waals surface area contributed by atoms with Crippen molar-refractivity contribution in [2.75, 3.05) is 19.0 Å². The van der Waals surface area contributed by atoms with Gasteiger partial charge in [-0.2, -0.15) is 0 Å². The molecule has 0 aliphatic carbocycles. The topological polar surface area (TPSA) is 21.3 Å². The van der Waals surface area contributed by atoms with Gasteiger partial charge in [-0.3, -0.25) is 0 Å². The van der Waals surface area contributed by atoms with E-state index in [4.69, 9.17) is 4.74 Å². The summed E-state index contributed by atoms with van der Waals surface area (Å²) in [5, 5.41) is 3.40. The highest BCUT2D eigenvalue weighted by atomic mass is 79.9. The van der Waals surface area contributed by atoms with Crippen molar-refractivity contribution in [3.05, 3.63) is 35.3 Å². The lowest BCUT2D eigenvalue weighted by atomic mass is 10.2. The minimum Gasteiger partial charge on any atom is -0.497 e. The largest absolute Gasteiger partial charge is 0.497 e. The zero-order valence-corrected chi connectivity index (χ0v) is 11.9. The van der Waals surface area contributed by atoms with Gasteiger partial charge in [-0.1, -0.05) is 28.4 Å². The summed E-state index contributed by atoms with van der Waals surface area (Å²) in [7, 11) is 1.68. The van der Waals surface area contributed by atoms with E-state index in [2.05, 4.69) is 33.9 Å². The van der Waals surface area contributed by atoms with Gasteiger partial charge in [-0.25, -0.2) is 0 Å². The zero-order chi connectivity index (χ0) is 12.5. The standard InChI is InChI=1S/C14H20BrNO/c1-3-4-5-6-7-8-16-13-9-12(15)10-14(11-13)17-2/h3,9-11,16H,1,4-8H2,2H3. The number of halogens is 1. The molecule has 0 aliphatic rings. The van der Waals surface area contributed by atoms with Gasteiger partial charge < -0.3 is 10.1 Å². The summed E-state index contributed by atoms with van der Waals surface area (Å²) in [5.41, 5.74) is 1.10. The van der Waals surface area contributed by atoms with Crippen LogP contribution in [0.3, 0.4) is 0 Å². The lowest BCUT2D eigenvalue weighted by Crippen LogP contribution is -2.01. The lowest BCUT2D eigenvalue weighted by Gasteiger charge is -2.08. The number of benzene rings is 1. The average molecular weight is 298 g/mol. The number of hydrogen-bond acceptors (Lipinski definition) is 2. The molecule has 1 aromatic carbocycles. The molecule has 2 nitrogen and oxygen atoms in total. The number of ether oxygens (including phenoxy) is 1. The Kier molecular flexibility index (Phi) is 6.78. The third-order valence-electron chi connectivity index (χ3n) is 2.52. The van der Waals surface area contributed by atoms with Gasteiger partial charge in [0.15, 0.2) is 0 Å². The minimum absolute atomic E-state index is 0.869. The molecule has 1 aromatic rings. The van der Waals surface area contributed by atoms with Crippen LogP contribution in [0.2, 0.25) is 0 Å². The first-order chi connectivity index (χ1) is 8.26. The summed E-state index contributed by atoms with van der Waals surface area (Å²) in [6, 6.07) is 6.02. The van der Waals surface area contributed by atoms with Crippen LogP contribution in [0.1, 0.15) is 25.7 Å². The molecule has 0 atom stereocenters. The summed E-state index contributed by atoms with van der Waals surface area (Å²) >= 11 is 3.47. The van der Waals surface area contributed by atoms with Crippen molar-refractivity contribution in [3.8, 4) is 5.75 Å². The van der Waals surface area contributed by atoms with E-state index in [1.807, 2.05) is 18.2 Å². The second-order valence-corrected chi connectivity index (χ2v) is 4.86. The Labute approximate surface area is 112 Å². The van der Waals surface area contributed by atoms with Crippen LogP contribution in [0.4, 0.5) is 5.69 Å². The number of allylic oxidation sites excluding steroid dienone is 1. The number of anilines is 1. The number of hydrogen-bond donors (Lipinski definition) is 1. The SMILES string of the molecule is C=CCCCCCNc1cc(Br)cc(OC)c1. The number of methoxy groups -OCH3 is 1. The Morgan fingerprint density at radius 1 is 1.29 bits per heavy atom. The molecule has 0 unspecified atom stereocenters. The molecule has 94 valence electrons. The average Bonchev–Trinajstić information content (AvgIpc) is 2.33. The first-order valence-electron chi connectivity index (χ1n) is 5.95.